The predicted molar refractivity (Wildman–Crippen MR) is 55.1 cm³/mol. The molecule has 0 unspecified atom stereocenters. The van der Waals surface area contributed by atoms with Crippen LogP contribution in [0.4, 0.5) is 10.5 Å². The molecule has 2 rings (SSSR count). The van der Waals surface area contributed by atoms with Crippen molar-refractivity contribution in [1.29, 1.82) is 0 Å². The quantitative estimate of drug-likeness (QED) is 0.721. The number of rotatable bonds is 0. The molecule has 0 aromatic heterocycles. The number of hydrogen-bond acceptors (Lipinski definition) is 3. The number of nitrogens with zero attached hydrogens (tertiary/aromatic N) is 1. The highest BCUT2D eigenvalue weighted by Gasteiger charge is 2.34. The summed E-state index contributed by atoms with van der Waals surface area (Å²) in [6.45, 7) is 1.75. The Hall–Kier alpha value is -1.56. The number of anilines is 1. The zero-order chi connectivity index (χ0) is 11.2. The zero-order valence-electron chi connectivity index (χ0n) is 8.31. The summed E-state index contributed by atoms with van der Waals surface area (Å²) >= 11 is 0. The van der Waals surface area contributed by atoms with Gasteiger partial charge < -0.3 is 5.32 Å². The van der Waals surface area contributed by atoms with E-state index in [9.17, 15) is 13.2 Å². The van der Waals surface area contributed by atoms with Crippen LogP contribution in [-0.4, -0.2) is 25.8 Å². The minimum atomic E-state index is -3.67. The zero-order valence-corrected chi connectivity index (χ0v) is 9.13. The van der Waals surface area contributed by atoms with Crippen molar-refractivity contribution in [3.05, 3.63) is 23.8 Å². The Morgan fingerprint density at radius 2 is 2.00 bits per heavy atom. The van der Waals surface area contributed by atoms with E-state index in [1.165, 1.54) is 13.1 Å². The first-order valence-electron chi connectivity index (χ1n) is 4.34. The molecule has 0 spiro atoms. The number of carbonyl (C=O) groups excluding carboxylic acids is 1. The van der Waals surface area contributed by atoms with E-state index in [-0.39, 0.29) is 4.90 Å². The van der Waals surface area contributed by atoms with E-state index in [1.807, 2.05) is 0 Å². The lowest BCUT2D eigenvalue weighted by Gasteiger charge is -2.26. The van der Waals surface area contributed by atoms with E-state index >= 15 is 0 Å². The monoisotopic (exact) mass is 226 g/mol. The van der Waals surface area contributed by atoms with Crippen molar-refractivity contribution in [2.45, 2.75) is 11.8 Å². The third-order valence-corrected chi connectivity index (χ3v) is 4.17. The van der Waals surface area contributed by atoms with Gasteiger partial charge in [-0.15, -0.1) is 0 Å². The SMILES string of the molecule is Cc1cccc2c1NC(=O)N(C)S2(=O)=O. The van der Waals surface area contributed by atoms with E-state index in [2.05, 4.69) is 5.32 Å². The van der Waals surface area contributed by atoms with E-state index in [4.69, 9.17) is 0 Å². The molecular weight excluding hydrogens is 216 g/mol. The molecule has 80 valence electrons. The summed E-state index contributed by atoms with van der Waals surface area (Å²) in [5.74, 6) is 0. The molecule has 1 aromatic carbocycles. The molecule has 0 saturated heterocycles. The second-order valence-electron chi connectivity index (χ2n) is 3.35. The third-order valence-electron chi connectivity index (χ3n) is 2.39. The summed E-state index contributed by atoms with van der Waals surface area (Å²) in [5, 5.41) is 2.54. The Bertz CT molecular complexity index is 536. The molecule has 1 N–H and O–H groups in total. The van der Waals surface area contributed by atoms with Crippen molar-refractivity contribution in [3.8, 4) is 0 Å². The number of carbonyl (C=O) groups is 1. The van der Waals surface area contributed by atoms with Gasteiger partial charge in [0.05, 0.1) is 5.69 Å². The number of aryl methyl sites for hydroxylation is 1. The molecule has 0 atom stereocenters. The number of fused-ring (bicyclic) bond motifs is 1. The molecule has 1 aliphatic rings. The summed E-state index contributed by atoms with van der Waals surface area (Å²) in [7, 11) is -2.44. The van der Waals surface area contributed by atoms with Gasteiger partial charge in [-0.1, -0.05) is 12.1 Å². The number of sulfonamides is 1. The molecule has 0 radical (unpaired) electrons. The van der Waals surface area contributed by atoms with Gasteiger partial charge in [-0.05, 0) is 18.6 Å². The molecule has 0 aliphatic carbocycles. The number of para-hydroxylation sites is 1. The van der Waals surface area contributed by atoms with Crippen LogP contribution in [0.2, 0.25) is 0 Å². The van der Waals surface area contributed by atoms with Crippen molar-refractivity contribution in [2.24, 2.45) is 0 Å². The largest absolute Gasteiger partial charge is 0.335 e. The number of hydrogen-bond donors (Lipinski definition) is 1. The summed E-state index contributed by atoms with van der Waals surface area (Å²) in [6, 6.07) is 4.25. The first-order chi connectivity index (χ1) is 6.94. The van der Waals surface area contributed by atoms with Crippen LogP contribution in [0.3, 0.4) is 0 Å². The number of nitrogens with one attached hydrogen (secondary N) is 1. The molecular formula is C9H10N2O3S. The number of benzene rings is 1. The molecule has 1 aromatic rings. The summed E-state index contributed by atoms with van der Waals surface area (Å²) in [6.07, 6.45) is 0. The highest BCUT2D eigenvalue weighted by atomic mass is 32.2. The number of urea groups is 1. The van der Waals surface area contributed by atoms with Crippen LogP contribution in [0.5, 0.6) is 0 Å². The van der Waals surface area contributed by atoms with E-state index in [0.717, 1.165) is 5.56 Å². The molecule has 15 heavy (non-hydrogen) atoms. The van der Waals surface area contributed by atoms with E-state index in [1.54, 1.807) is 19.1 Å². The maximum Gasteiger partial charge on any atom is 0.335 e. The van der Waals surface area contributed by atoms with Crippen LogP contribution in [0, 0.1) is 6.92 Å². The highest BCUT2D eigenvalue weighted by Crippen LogP contribution is 2.31. The summed E-state index contributed by atoms with van der Waals surface area (Å²) < 4.78 is 24.4. The highest BCUT2D eigenvalue weighted by molar-refractivity contribution is 7.90. The fourth-order valence-electron chi connectivity index (χ4n) is 1.46. The van der Waals surface area contributed by atoms with Crippen LogP contribution in [-0.2, 0) is 10.0 Å². The first kappa shape index (κ1) is 9.97. The van der Waals surface area contributed by atoms with Crippen LogP contribution in [0.25, 0.3) is 0 Å². The van der Waals surface area contributed by atoms with E-state index < -0.39 is 16.1 Å². The Morgan fingerprint density at radius 1 is 1.33 bits per heavy atom. The molecule has 1 heterocycles. The lowest BCUT2D eigenvalue weighted by molar-refractivity contribution is 0.240. The normalized spacial score (nSPS) is 18.3. The van der Waals surface area contributed by atoms with Crippen molar-refractivity contribution >= 4 is 21.7 Å². The summed E-state index contributed by atoms with van der Waals surface area (Å²) in [4.78, 5) is 11.5. The van der Waals surface area contributed by atoms with Gasteiger partial charge in [0.2, 0.25) is 0 Å². The number of amides is 2. The maximum absolute atomic E-state index is 11.8. The average Bonchev–Trinajstić information content (AvgIpc) is 2.17. The topological polar surface area (TPSA) is 66.5 Å². The maximum atomic E-state index is 11.8. The molecule has 0 bridgehead atoms. The van der Waals surface area contributed by atoms with Crippen molar-refractivity contribution in [1.82, 2.24) is 4.31 Å². The van der Waals surface area contributed by atoms with Crippen molar-refractivity contribution in [3.63, 3.8) is 0 Å². The third kappa shape index (κ3) is 1.29. The van der Waals surface area contributed by atoms with Crippen molar-refractivity contribution < 1.29 is 13.2 Å². The van der Waals surface area contributed by atoms with Gasteiger partial charge in [-0.2, -0.15) is 0 Å². The molecule has 2 amide bonds. The molecule has 1 aliphatic heterocycles. The molecule has 6 heteroatoms. The molecule has 5 nitrogen and oxygen atoms in total. The van der Waals surface area contributed by atoms with Crippen LogP contribution in [0.15, 0.2) is 23.1 Å². The first-order valence-corrected chi connectivity index (χ1v) is 5.78. The van der Waals surface area contributed by atoms with Gasteiger partial charge in [0, 0.05) is 7.05 Å². The Kier molecular flexibility index (Phi) is 1.97. The lowest BCUT2D eigenvalue weighted by atomic mass is 10.2. The smallest absolute Gasteiger partial charge is 0.305 e. The van der Waals surface area contributed by atoms with Gasteiger partial charge in [0.15, 0.2) is 0 Å². The van der Waals surface area contributed by atoms with Gasteiger partial charge in [0.1, 0.15) is 4.90 Å². The second kappa shape index (κ2) is 2.96. The van der Waals surface area contributed by atoms with Gasteiger partial charge in [-0.3, -0.25) is 0 Å². The van der Waals surface area contributed by atoms with Gasteiger partial charge in [0.25, 0.3) is 10.0 Å². The van der Waals surface area contributed by atoms with E-state index in [0.29, 0.717) is 9.99 Å². The summed E-state index contributed by atoms with van der Waals surface area (Å²) in [5.41, 5.74) is 1.11. The minimum Gasteiger partial charge on any atom is -0.305 e. The van der Waals surface area contributed by atoms with Crippen LogP contribution in [0.1, 0.15) is 5.56 Å². The second-order valence-corrected chi connectivity index (χ2v) is 5.29. The Labute approximate surface area is 87.8 Å². The van der Waals surface area contributed by atoms with Gasteiger partial charge in [-0.25, -0.2) is 17.5 Å². The molecule has 0 saturated carbocycles. The predicted octanol–water partition coefficient (Wildman–Crippen LogP) is 1.16. The Morgan fingerprint density at radius 3 is 2.67 bits per heavy atom. The Balaban J connectivity index is 2.78. The van der Waals surface area contributed by atoms with Crippen LogP contribution >= 0.6 is 0 Å². The lowest BCUT2D eigenvalue weighted by Crippen LogP contribution is -2.41. The fourth-order valence-corrected chi connectivity index (χ4v) is 2.74. The molecule has 0 fully saturated rings. The minimum absolute atomic E-state index is 0.143. The van der Waals surface area contributed by atoms with Crippen molar-refractivity contribution in [2.75, 3.05) is 12.4 Å². The van der Waals surface area contributed by atoms with Crippen LogP contribution < -0.4 is 5.32 Å². The fraction of sp³-hybridized carbons (Fsp3) is 0.222. The van der Waals surface area contributed by atoms with Gasteiger partial charge >= 0.3 is 6.03 Å². The average molecular weight is 226 g/mol. The standard InChI is InChI=1S/C9H10N2O3S/c1-6-4-3-5-7-8(6)10-9(12)11(2)15(7,13)14/h3-5H,1-2H3,(H,10,12).